The number of aliphatic hydroxyl groups excluding tert-OH is 1. The van der Waals surface area contributed by atoms with Crippen LogP contribution in [0.3, 0.4) is 0 Å². The molecule has 3 fully saturated rings. The van der Waals surface area contributed by atoms with Crippen molar-refractivity contribution < 1.29 is 29.0 Å². The number of nitrogens with zero attached hydrogens (tertiary/aromatic N) is 1. The number of rotatable bonds is 16. The molecule has 3 amide bonds. The Morgan fingerprint density at radius 2 is 1.87 bits per heavy atom. The number of carbonyl (C=O) groups excluding carboxylic acids is 3. The number of hydrogen-bond acceptors (Lipinski definition) is 6. The molecular weight excluding hydrogens is 570 g/mol. The lowest BCUT2D eigenvalue weighted by molar-refractivity contribution is -0.126. The van der Waals surface area contributed by atoms with E-state index < -0.39 is 18.1 Å². The van der Waals surface area contributed by atoms with Gasteiger partial charge in [-0.05, 0) is 80.9 Å². The van der Waals surface area contributed by atoms with Crippen LogP contribution < -0.4 is 20.3 Å². The summed E-state index contributed by atoms with van der Waals surface area (Å²) in [6.45, 7) is 3.54. The van der Waals surface area contributed by atoms with Crippen molar-refractivity contribution in [3.63, 3.8) is 0 Å². The highest BCUT2D eigenvalue weighted by molar-refractivity contribution is 5.99. The molecule has 244 valence electrons. The molecule has 9 heteroatoms. The van der Waals surface area contributed by atoms with Gasteiger partial charge < -0.3 is 30.1 Å². The first kappa shape index (κ1) is 32.9. The molecule has 1 saturated heterocycles. The fourth-order valence-corrected chi connectivity index (χ4v) is 7.20. The quantitative estimate of drug-likeness (QED) is 0.236. The molecule has 2 bridgehead atoms. The number of fused-ring (bicyclic) bond motifs is 2. The minimum absolute atomic E-state index is 0.0219. The minimum Gasteiger partial charge on any atom is -0.493 e. The van der Waals surface area contributed by atoms with E-state index in [1.54, 1.807) is 24.1 Å². The Morgan fingerprint density at radius 3 is 2.56 bits per heavy atom. The Bertz CT molecular complexity index is 1300. The largest absolute Gasteiger partial charge is 0.493 e. The molecule has 1 heterocycles. The number of methoxy groups -OCH3 is 1. The smallest absolute Gasteiger partial charge is 0.251 e. The molecule has 2 aromatic rings. The van der Waals surface area contributed by atoms with Gasteiger partial charge in [0, 0.05) is 56.0 Å². The van der Waals surface area contributed by atoms with Crippen molar-refractivity contribution in [3.8, 4) is 5.75 Å². The van der Waals surface area contributed by atoms with E-state index in [9.17, 15) is 19.5 Å². The van der Waals surface area contributed by atoms with Gasteiger partial charge in [0.2, 0.25) is 11.8 Å². The summed E-state index contributed by atoms with van der Waals surface area (Å²) in [6, 6.07) is 14.5. The standard InChI is InChI=1S/C36H49N3O6/c1-24(35(42)37-31-20-26-12-13-27(31)18-26)17-33(40)32(19-25-9-4-3-5-10-25)38-36(43)28-21-29(39-14-8-11-34(39)41)23-30(22-28)45-16-7-6-15-44-2/h3-5,9-10,21-24,26-27,31-33,40H,6-8,11-20H2,1-2H3,(H,37,42)(H,38,43)/t24-,26?,27?,31?,32?,33+/m1/s1. The van der Waals surface area contributed by atoms with Gasteiger partial charge in [0.05, 0.1) is 18.8 Å². The summed E-state index contributed by atoms with van der Waals surface area (Å²) in [6.07, 6.45) is 7.29. The van der Waals surface area contributed by atoms with Crippen LogP contribution in [0.5, 0.6) is 5.75 Å². The summed E-state index contributed by atoms with van der Waals surface area (Å²) >= 11 is 0. The zero-order chi connectivity index (χ0) is 31.8. The predicted molar refractivity (Wildman–Crippen MR) is 173 cm³/mol. The first-order chi connectivity index (χ1) is 21.8. The third kappa shape index (κ3) is 8.85. The fourth-order valence-electron chi connectivity index (χ4n) is 7.20. The zero-order valence-corrected chi connectivity index (χ0v) is 26.7. The van der Waals surface area contributed by atoms with E-state index >= 15 is 0 Å². The van der Waals surface area contributed by atoms with Crippen molar-refractivity contribution in [2.45, 2.75) is 89.3 Å². The van der Waals surface area contributed by atoms with Crippen LogP contribution in [0, 0.1) is 17.8 Å². The average Bonchev–Trinajstić information content (AvgIpc) is 3.78. The number of hydrogen-bond donors (Lipinski definition) is 3. The van der Waals surface area contributed by atoms with E-state index in [1.807, 2.05) is 43.3 Å². The summed E-state index contributed by atoms with van der Waals surface area (Å²) < 4.78 is 11.1. The van der Waals surface area contributed by atoms with Crippen LogP contribution in [0.1, 0.15) is 80.6 Å². The molecule has 0 radical (unpaired) electrons. The van der Waals surface area contributed by atoms with Gasteiger partial charge in [0.25, 0.3) is 5.91 Å². The summed E-state index contributed by atoms with van der Waals surface area (Å²) in [5.74, 6) is 1.03. The monoisotopic (exact) mass is 619 g/mol. The average molecular weight is 620 g/mol. The Balaban J connectivity index is 1.29. The van der Waals surface area contributed by atoms with Crippen LogP contribution in [0.2, 0.25) is 0 Å². The van der Waals surface area contributed by atoms with Crippen molar-refractivity contribution in [2.75, 3.05) is 31.8 Å². The Morgan fingerprint density at radius 1 is 1.07 bits per heavy atom. The number of amides is 3. The maximum Gasteiger partial charge on any atom is 0.251 e. The lowest BCUT2D eigenvalue weighted by Crippen LogP contribution is -2.47. The third-order valence-corrected chi connectivity index (χ3v) is 9.74. The number of ether oxygens (including phenoxy) is 2. The van der Waals surface area contributed by atoms with Gasteiger partial charge in [-0.3, -0.25) is 14.4 Å². The number of anilines is 1. The van der Waals surface area contributed by atoms with Crippen molar-refractivity contribution in [2.24, 2.45) is 17.8 Å². The minimum atomic E-state index is -0.949. The molecule has 0 spiro atoms. The van der Waals surface area contributed by atoms with Gasteiger partial charge in [-0.15, -0.1) is 0 Å². The van der Waals surface area contributed by atoms with Crippen LogP contribution in [0.15, 0.2) is 48.5 Å². The number of carbonyl (C=O) groups is 3. The highest BCUT2D eigenvalue weighted by Crippen LogP contribution is 2.44. The van der Waals surface area contributed by atoms with Gasteiger partial charge in [-0.25, -0.2) is 0 Å². The second-order valence-electron chi connectivity index (χ2n) is 13.2. The maximum atomic E-state index is 13.8. The molecule has 3 N–H and O–H groups in total. The van der Waals surface area contributed by atoms with E-state index in [0.717, 1.165) is 37.2 Å². The van der Waals surface area contributed by atoms with Crippen molar-refractivity contribution >= 4 is 23.4 Å². The normalized spacial score (nSPS) is 22.7. The van der Waals surface area contributed by atoms with Crippen molar-refractivity contribution in [3.05, 3.63) is 59.7 Å². The van der Waals surface area contributed by atoms with Gasteiger partial charge in [0.1, 0.15) is 5.75 Å². The first-order valence-electron chi connectivity index (χ1n) is 16.7. The van der Waals surface area contributed by atoms with E-state index in [1.165, 1.54) is 19.3 Å². The molecule has 0 aromatic heterocycles. The molecule has 4 unspecified atom stereocenters. The Hall–Kier alpha value is -3.43. The lowest BCUT2D eigenvalue weighted by Gasteiger charge is -2.28. The van der Waals surface area contributed by atoms with Crippen LogP contribution >= 0.6 is 0 Å². The molecule has 2 saturated carbocycles. The van der Waals surface area contributed by atoms with Crippen LogP contribution in [0.4, 0.5) is 5.69 Å². The topological polar surface area (TPSA) is 117 Å². The van der Waals surface area contributed by atoms with Crippen molar-refractivity contribution in [1.82, 2.24) is 10.6 Å². The Labute approximate surface area is 267 Å². The van der Waals surface area contributed by atoms with E-state index in [-0.39, 0.29) is 30.2 Å². The second kappa shape index (κ2) is 15.7. The van der Waals surface area contributed by atoms with Gasteiger partial charge >= 0.3 is 0 Å². The maximum absolute atomic E-state index is 13.8. The number of unbranched alkanes of at least 4 members (excludes halogenated alkanes) is 1. The summed E-state index contributed by atoms with van der Waals surface area (Å²) in [4.78, 5) is 41.2. The molecule has 45 heavy (non-hydrogen) atoms. The Kier molecular flexibility index (Phi) is 11.5. The van der Waals surface area contributed by atoms with Crippen LogP contribution in [0.25, 0.3) is 0 Å². The van der Waals surface area contributed by atoms with Crippen molar-refractivity contribution in [1.29, 1.82) is 0 Å². The predicted octanol–water partition coefficient (Wildman–Crippen LogP) is 4.65. The first-order valence-corrected chi connectivity index (χ1v) is 16.7. The molecule has 5 rings (SSSR count). The summed E-state index contributed by atoms with van der Waals surface area (Å²) in [5.41, 5.74) is 1.95. The van der Waals surface area contributed by atoms with E-state index in [0.29, 0.717) is 55.5 Å². The van der Waals surface area contributed by atoms with Gasteiger partial charge in [0.15, 0.2) is 0 Å². The number of aliphatic hydroxyl groups is 1. The molecule has 1 aliphatic heterocycles. The third-order valence-electron chi connectivity index (χ3n) is 9.74. The second-order valence-corrected chi connectivity index (χ2v) is 13.2. The summed E-state index contributed by atoms with van der Waals surface area (Å²) in [5, 5.41) is 17.8. The summed E-state index contributed by atoms with van der Waals surface area (Å²) in [7, 11) is 1.67. The zero-order valence-electron chi connectivity index (χ0n) is 26.7. The van der Waals surface area contributed by atoms with Crippen LogP contribution in [-0.2, 0) is 20.7 Å². The molecule has 6 atom stereocenters. The molecule has 2 aliphatic carbocycles. The van der Waals surface area contributed by atoms with Gasteiger partial charge in [-0.2, -0.15) is 0 Å². The lowest BCUT2D eigenvalue weighted by atomic mass is 9.91. The number of nitrogens with one attached hydrogen (secondary N) is 2. The fraction of sp³-hybridized carbons (Fsp3) is 0.583. The highest BCUT2D eigenvalue weighted by Gasteiger charge is 2.40. The molecule has 9 nitrogen and oxygen atoms in total. The molecule has 3 aliphatic rings. The van der Waals surface area contributed by atoms with Gasteiger partial charge in [-0.1, -0.05) is 43.7 Å². The van der Waals surface area contributed by atoms with Crippen LogP contribution in [-0.4, -0.2) is 67.9 Å². The molecular formula is C36H49N3O6. The number of benzene rings is 2. The molecule has 2 aromatic carbocycles. The highest BCUT2D eigenvalue weighted by atomic mass is 16.5. The van der Waals surface area contributed by atoms with E-state index in [2.05, 4.69) is 10.6 Å². The van der Waals surface area contributed by atoms with E-state index in [4.69, 9.17) is 9.47 Å². The SMILES string of the molecule is COCCCCOc1cc(C(=O)NC(Cc2ccccc2)[C@@H](O)C[C@@H](C)C(=O)NC2CC3CCC2C3)cc(N2CCCC2=O)c1.